The van der Waals surface area contributed by atoms with E-state index in [1.165, 1.54) is 5.57 Å². The summed E-state index contributed by atoms with van der Waals surface area (Å²) >= 11 is 0. The summed E-state index contributed by atoms with van der Waals surface area (Å²) in [4.78, 5) is 11.8. The maximum absolute atomic E-state index is 11.8. The van der Waals surface area contributed by atoms with Gasteiger partial charge in [0.1, 0.15) is 0 Å². The molecule has 0 bridgehead atoms. The van der Waals surface area contributed by atoms with Gasteiger partial charge in [0.2, 0.25) is 0 Å². The molecule has 2 heteroatoms. The Bertz CT molecular complexity index is 550. The third-order valence-electron chi connectivity index (χ3n) is 2.84. The van der Waals surface area contributed by atoms with Gasteiger partial charge in [0.15, 0.2) is 0 Å². The van der Waals surface area contributed by atoms with E-state index in [0.717, 1.165) is 23.2 Å². The van der Waals surface area contributed by atoms with E-state index in [1.54, 1.807) is 0 Å². The molecule has 0 atom stereocenters. The van der Waals surface area contributed by atoms with Crippen molar-refractivity contribution in [3.63, 3.8) is 0 Å². The van der Waals surface area contributed by atoms with Gasteiger partial charge in [-0.1, -0.05) is 36.4 Å². The van der Waals surface area contributed by atoms with E-state index in [-0.39, 0.29) is 5.91 Å². The van der Waals surface area contributed by atoms with Gasteiger partial charge >= 0.3 is 0 Å². The van der Waals surface area contributed by atoms with E-state index in [4.69, 9.17) is 0 Å². The summed E-state index contributed by atoms with van der Waals surface area (Å²) in [5.74, 6) is -0.00556. The van der Waals surface area contributed by atoms with Crippen LogP contribution in [0.3, 0.4) is 0 Å². The van der Waals surface area contributed by atoms with Crippen LogP contribution in [0.25, 0.3) is 5.57 Å². The number of amides is 1. The molecule has 0 radical (unpaired) electrons. The van der Waals surface area contributed by atoms with E-state index in [0.29, 0.717) is 0 Å². The number of carbonyl (C=O) groups excluding carboxylic acids is 1. The van der Waals surface area contributed by atoms with E-state index < -0.39 is 0 Å². The van der Waals surface area contributed by atoms with Crippen LogP contribution in [0.1, 0.15) is 12.0 Å². The largest absolute Gasteiger partial charge is 0.321 e. The van der Waals surface area contributed by atoms with Crippen LogP contribution in [0, 0.1) is 0 Å². The molecule has 1 aliphatic heterocycles. The third kappa shape index (κ3) is 1.39. The molecule has 3 rings (SSSR count). The van der Waals surface area contributed by atoms with Crippen LogP contribution < -0.4 is 5.32 Å². The molecule has 1 amide bonds. The number of benzene rings is 1. The molecule has 0 aromatic heterocycles. The Hall–Kier alpha value is -2.09. The zero-order chi connectivity index (χ0) is 11.0. The number of rotatable bonds is 1. The maximum Gasteiger partial charge on any atom is 0.256 e. The molecule has 0 saturated heterocycles. The van der Waals surface area contributed by atoms with Crippen molar-refractivity contribution in [2.45, 2.75) is 6.42 Å². The summed E-state index contributed by atoms with van der Waals surface area (Å²) in [6.07, 6.45) is 9.04. The van der Waals surface area contributed by atoms with Crippen molar-refractivity contribution in [3.8, 4) is 0 Å². The van der Waals surface area contributed by atoms with Crippen LogP contribution in [-0.4, -0.2) is 5.91 Å². The van der Waals surface area contributed by atoms with Gasteiger partial charge in [0.05, 0.1) is 0 Å². The number of para-hydroxylation sites is 1. The van der Waals surface area contributed by atoms with Gasteiger partial charge in [0.25, 0.3) is 5.91 Å². The van der Waals surface area contributed by atoms with Crippen LogP contribution in [0.2, 0.25) is 0 Å². The fourth-order valence-corrected chi connectivity index (χ4v) is 2.04. The highest BCUT2D eigenvalue weighted by molar-refractivity contribution is 6.31. The minimum Gasteiger partial charge on any atom is -0.321 e. The van der Waals surface area contributed by atoms with E-state index in [9.17, 15) is 4.79 Å². The SMILES string of the molecule is O=C1Nc2ccccc2/C1=C\C1=CC=CC1. The summed E-state index contributed by atoms with van der Waals surface area (Å²) in [7, 11) is 0. The Labute approximate surface area is 94.0 Å². The van der Waals surface area contributed by atoms with Gasteiger partial charge in [-0.3, -0.25) is 4.79 Å². The predicted molar refractivity (Wildman–Crippen MR) is 64.9 cm³/mol. The molecule has 1 aromatic rings. The normalized spacial score (nSPS) is 19.9. The molecular weight excluding hydrogens is 198 g/mol. The number of hydrogen-bond acceptors (Lipinski definition) is 1. The molecule has 2 nitrogen and oxygen atoms in total. The second-order valence-electron chi connectivity index (χ2n) is 3.93. The quantitative estimate of drug-likeness (QED) is 0.708. The summed E-state index contributed by atoms with van der Waals surface area (Å²) in [6.45, 7) is 0. The monoisotopic (exact) mass is 209 g/mol. The number of nitrogens with one attached hydrogen (secondary N) is 1. The average molecular weight is 209 g/mol. The molecule has 16 heavy (non-hydrogen) atoms. The molecule has 78 valence electrons. The Kier molecular flexibility index (Phi) is 2.00. The van der Waals surface area contributed by atoms with Crippen molar-refractivity contribution < 1.29 is 4.79 Å². The summed E-state index contributed by atoms with van der Waals surface area (Å²) < 4.78 is 0. The van der Waals surface area contributed by atoms with Crippen LogP contribution in [0.4, 0.5) is 5.69 Å². The van der Waals surface area contributed by atoms with Crippen LogP contribution in [-0.2, 0) is 4.79 Å². The van der Waals surface area contributed by atoms with Gasteiger partial charge < -0.3 is 5.32 Å². The Morgan fingerprint density at radius 3 is 2.94 bits per heavy atom. The Morgan fingerprint density at radius 2 is 2.12 bits per heavy atom. The lowest BCUT2D eigenvalue weighted by Crippen LogP contribution is -2.03. The van der Waals surface area contributed by atoms with Crippen LogP contribution in [0.5, 0.6) is 0 Å². The lowest BCUT2D eigenvalue weighted by molar-refractivity contribution is -0.110. The van der Waals surface area contributed by atoms with E-state index >= 15 is 0 Å². The number of hydrogen-bond donors (Lipinski definition) is 1. The van der Waals surface area contributed by atoms with Gasteiger partial charge in [0, 0.05) is 16.8 Å². The van der Waals surface area contributed by atoms with Crippen molar-refractivity contribution in [3.05, 3.63) is 59.7 Å². The summed E-state index contributed by atoms with van der Waals surface area (Å²) in [5.41, 5.74) is 3.86. The van der Waals surface area contributed by atoms with Crippen molar-refractivity contribution in [1.29, 1.82) is 0 Å². The first-order valence-electron chi connectivity index (χ1n) is 5.33. The topological polar surface area (TPSA) is 29.1 Å². The molecule has 1 aliphatic carbocycles. The first-order valence-corrected chi connectivity index (χ1v) is 5.33. The lowest BCUT2D eigenvalue weighted by Gasteiger charge is -1.97. The molecular formula is C14H11NO. The number of anilines is 1. The number of carbonyl (C=O) groups is 1. The fraction of sp³-hybridized carbons (Fsp3) is 0.0714. The smallest absolute Gasteiger partial charge is 0.256 e. The molecule has 1 heterocycles. The molecule has 1 N–H and O–H groups in total. The minimum atomic E-state index is -0.00556. The standard InChI is InChI=1S/C14H11NO/c16-14-12(9-10-5-1-2-6-10)11-7-3-4-8-13(11)15-14/h1-5,7-9H,6H2,(H,15,16)/b12-9+. The van der Waals surface area contributed by atoms with Gasteiger partial charge in [-0.25, -0.2) is 0 Å². The molecule has 0 saturated carbocycles. The molecule has 0 spiro atoms. The van der Waals surface area contributed by atoms with Crippen molar-refractivity contribution in [2.75, 3.05) is 5.32 Å². The molecule has 0 unspecified atom stereocenters. The zero-order valence-electron chi connectivity index (χ0n) is 8.73. The van der Waals surface area contributed by atoms with Crippen molar-refractivity contribution in [2.24, 2.45) is 0 Å². The van der Waals surface area contributed by atoms with Gasteiger partial charge in [-0.2, -0.15) is 0 Å². The number of fused-ring (bicyclic) bond motifs is 1. The second-order valence-corrected chi connectivity index (χ2v) is 3.93. The fourth-order valence-electron chi connectivity index (χ4n) is 2.04. The number of allylic oxidation sites excluding steroid dienone is 5. The molecule has 2 aliphatic rings. The summed E-state index contributed by atoms with van der Waals surface area (Å²) in [6, 6.07) is 7.78. The Balaban J connectivity index is 2.05. The average Bonchev–Trinajstić information content (AvgIpc) is 2.89. The van der Waals surface area contributed by atoms with E-state index in [2.05, 4.69) is 11.4 Å². The van der Waals surface area contributed by atoms with Crippen molar-refractivity contribution in [1.82, 2.24) is 0 Å². The first-order chi connectivity index (χ1) is 7.84. The van der Waals surface area contributed by atoms with Gasteiger partial charge in [-0.05, 0) is 24.1 Å². The minimum absolute atomic E-state index is 0.00556. The predicted octanol–water partition coefficient (Wildman–Crippen LogP) is 2.91. The molecule has 1 aromatic carbocycles. The highest BCUT2D eigenvalue weighted by Crippen LogP contribution is 2.32. The lowest BCUT2D eigenvalue weighted by atomic mass is 10.0. The third-order valence-corrected chi connectivity index (χ3v) is 2.84. The van der Waals surface area contributed by atoms with Crippen LogP contribution in [0.15, 0.2) is 54.1 Å². The zero-order valence-corrected chi connectivity index (χ0v) is 8.73. The summed E-state index contributed by atoms with van der Waals surface area (Å²) in [5, 5.41) is 2.87. The van der Waals surface area contributed by atoms with E-state index in [1.807, 2.05) is 42.5 Å². The molecule has 0 fully saturated rings. The van der Waals surface area contributed by atoms with Crippen molar-refractivity contribution >= 4 is 17.2 Å². The van der Waals surface area contributed by atoms with Gasteiger partial charge in [-0.15, -0.1) is 0 Å². The Morgan fingerprint density at radius 1 is 1.25 bits per heavy atom. The highest BCUT2D eigenvalue weighted by Gasteiger charge is 2.23. The maximum atomic E-state index is 11.8. The van der Waals surface area contributed by atoms with Crippen LogP contribution >= 0.6 is 0 Å². The second kappa shape index (κ2) is 3.49. The first kappa shape index (κ1) is 9.16. The highest BCUT2D eigenvalue weighted by atomic mass is 16.1.